The Morgan fingerprint density at radius 2 is 2.13 bits per heavy atom. The van der Waals surface area contributed by atoms with Crippen molar-refractivity contribution in [3.8, 4) is 17.4 Å². The van der Waals surface area contributed by atoms with Crippen LogP contribution < -0.4 is 5.73 Å². The van der Waals surface area contributed by atoms with E-state index in [9.17, 15) is 23.2 Å². The number of carbonyl (C=O) groups is 2. The Hall–Kier alpha value is -3.55. The Labute approximate surface area is 169 Å². The molecule has 1 aliphatic rings. The molecule has 160 valence electrons. The monoisotopic (exact) mass is 425 g/mol. The van der Waals surface area contributed by atoms with Gasteiger partial charge in [0.25, 0.3) is 0 Å². The largest absolute Gasteiger partial charge is 0.490 e. The first-order valence-corrected chi connectivity index (χ1v) is 8.82. The highest BCUT2D eigenvalue weighted by molar-refractivity contribution is 5.79. The molecule has 0 saturated heterocycles. The third-order valence-corrected chi connectivity index (χ3v) is 4.33. The van der Waals surface area contributed by atoms with Gasteiger partial charge in [0.05, 0.1) is 18.8 Å². The maximum absolute atomic E-state index is 12.1. The Morgan fingerprint density at radius 3 is 2.63 bits per heavy atom. The molecule has 2 aromatic heterocycles. The van der Waals surface area contributed by atoms with Gasteiger partial charge in [0.2, 0.25) is 0 Å². The molecule has 30 heavy (non-hydrogen) atoms. The number of nitrogens with two attached hydrogens (primary N) is 1. The van der Waals surface area contributed by atoms with Gasteiger partial charge in [0.15, 0.2) is 0 Å². The molecule has 1 unspecified atom stereocenters. The topological polar surface area (TPSA) is 139 Å². The second-order valence-corrected chi connectivity index (χ2v) is 6.26. The summed E-state index contributed by atoms with van der Waals surface area (Å²) in [6.45, 7) is 2.15. The van der Waals surface area contributed by atoms with Crippen molar-refractivity contribution in [1.82, 2.24) is 4.98 Å². The number of esters is 1. The van der Waals surface area contributed by atoms with Crippen LogP contribution in [0.2, 0.25) is 0 Å². The number of hydrogen-bond donors (Lipinski definition) is 2. The van der Waals surface area contributed by atoms with Crippen LogP contribution in [-0.4, -0.2) is 34.8 Å². The standard InChI is InChI=1S/C17H17N3O3.C2HF3O2/c1-2-22-17(21)10-5-6-13-11(8-10)15(14-4-3-7-23-14)12(9-18)16(19)20-13;3-2(4,5)1(6)7/h3-4,7,10H,2,5-6,8H2,1H3,(H2,19,20);(H,6,7). The van der Waals surface area contributed by atoms with Crippen LogP contribution in [0.4, 0.5) is 19.0 Å². The van der Waals surface area contributed by atoms with Crippen molar-refractivity contribution in [3.63, 3.8) is 0 Å². The van der Waals surface area contributed by atoms with Crippen LogP contribution in [0.5, 0.6) is 0 Å². The number of halogens is 3. The summed E-state index contributed by atoms with van der Waals surface area (Å²) in [5, 5.41) is 16.6. The van der Waals surface area contributed by atoms with Crippen LogP contribution in [-0.2, 0) is 27.2 Å². The average molecular weight is 425 g/mol. The number of rotatable bonds is 3. The van der Waals surface area contributed by atoms with Crippen LogP contribution in [0.25, 0.3) is 11.3 Å². The molecule has 0 aliphatic heterocycles. The minimum atomic E-state index is -5.08. The summed E-state index contributed by atoms with van der Waals surface area (Å²) in [7, 11) is 0. The number of hydrogen-bond acceptors (Lipinski definition) is 7. The van der Waals surface area contributed by atoms with Crippen molar-refractivity contribution >= 4 is 17.8 Å². The van der Waals surface area contributed by atoms with Crippen molar-refractivity contribution in [2.24, 2.45) is 5.92 Å². The van der Waals surface area contributed by atoms with Crippen molar-refractivity contribution < 1.29 is 37.0 Å². The maximum atomic E-state index is 12.1. The Morgan fingerprint density at radius 1 is 1.47 bits per heavy atom. The highest BCUT2D eigenvalue weighted by Crippen LogP contribution is 2.37. The third-order valence-electron chi connectivity index (χ3n) is 4.33. The van der Waals surface area contributed by atoms with Gasteiger partial charge in [-0.25, -0.2) is 9.78 Å². The molecule has 0 amide bonds. The van der Waals surface area contributed by atoms with E-state index in [-0.39, 0.29) is 17.7 Å². The van der Waals surface area contributed by atoms with Gasteiger partial charge in [-0.05, 0) is 43.9 Å². The minimum Gasteiger partial charge on any atom is -0.475 e. The summed E-state index contributed by atoms with van der Waals surface area (Å²) < 4.78 is 42.3. The first-order valence-electron chi connectivity index (χ1n) is 8.82. The lowest BCUT2D eigenvalue weighted by atomic mass is 9.82. The molecule has 0 fully saturated rings. The number of carboxylic acid groups (broad SMARTS) is 1. The van der Waals surface area contributed by atoms with Gasteiger partial charge < -0.3 is 20.0 Å². The normalized spacial score (nSPS) is 15.2. The fourth-order valence-electron chi connectivity index (χ4n) is 3.05. The van der Waals surface area contributed by atoms with E-state index in [0.717, 1.165) is 11.3 Å². The van der Waals surface area contributed by atoms with Gasteiger partial charge in [-0.15, -0.1) is 0 Å². The molecule has 1 atom stereocenters. The van der Waals surface area contributed by atoms with E-state index in [0.29, 0.717) is 42.8 Å². The molecule has 3 rings (SSSR count). The first-order chi connectivity index (χ1) is 14.1. The summed E-state index contributed by atoms with van der Waals surface area (Å²) >= 11 is 0. The predicted molar refractivity (Wildman–Crippen MR) is 96.9 cm³/mol. The van der Waals surface area contributed by atoms with E-state index in [4.69, 9.17) is 24.8 Å². The molecule has 11 heteroatoms. The second kappa shape index (κ2) is 9.30. The summed E-state index contributed by atoms with van der Waals surface area (Å²) in [6, 6.07) is 5.64. The van der Waals surface area contributed by atoms with Crippen LogP contribution in [0.15, 0.2) is 22.8 Å². The van der Waals surface area contributed by atoms with Crippen LogP contribution in [0.1, 0.15) is 30.2 Å². The maximum Gasteiger partial charge on any atom is 0.490 e. The lowest BCUT2D eigenvalue weighted by Gasteiger charge is -2.25. The number of nitrogens with zero attached hydrogens (tertiary/aromatic N) is 2. The number of alkyl halides is 3. The Kier molecular flexibility index (Phi) is 7.05. The summed E-state index contributed by atoms with van der Waals surface area (Å²) in [5.41, 5.74) is 8.56. The fraction of sp³-hybridized carbons (Fsp3) is 0.368. The van der Waals surface area contributed by atoms with Gasteiger partial charge in [-0.3, -0.25) is 4.79 Å². The van der Waals surface area contributed by atoms with E-state index in [1.807, 2.05) is 0 Å². The molecule has 8 nitrogen and oxygen atoms in total. The highest BCUT2D eigenvalue weighted by atomic mass is 19.4. The third kappa shape index (κ3) is 5.08. The molecule has 0 bridgehead atoms. The zero-order valence-electron chi connectivity index (χ0n) is 15.8. The van der Waals surface area contributed by atoms with E-state index in [2.05, 4.69) is 11.1 Å². The van der Waals surface area contributed by atoms with Gasteiger partial charge >= 0.3 is 18.1 Å². The molecular weight excluding hydrogens is 407 g/mol. The number of carboxylic acids is 1. The molecule has 2 heterocycles. The minimum absolute atomic E-state index is 0.201. The molecule has 1 aliphatic carbocycles. The van der Waals surface area contributed by atoms with Gasteiger partial charge in [0.1, 0.15) is 23.2 Å². The van der Waals surface area contributed by atoms with E-state index in [1.54, 1.807) is 25.3 Å². The lowest BCUT2D eigenvalue weighted by Crippen LogP contribution is -2.26. The highest BCUT2D eigenvalue weighted by Gasteiger charge is 2.38. The number of ether oxygens (including phenoxy) is 1. The SMILES string of the molecule is CCOC(=O)C1CCc2nc(N)c(C#N)c(-c3ccco3)c2C1.O=C(O)C(F)(F)F. The van der Waals surface area contributed by atoms with Crippen LogP contribution >= 0.6 is 0 Å². The van der Waals surface area contributed by atoms with Crippen molar-refractivity contribution in [2.75, 3.05) is 12.3 Å². The van der Waals surface area contributed by atoms with Crippen LogP contribution in [0.3, 0.4) is 0 Å². The number of aliphatic carboxylic acids is 1. The van der Waals surface area contributed by atoms with Crippen LogP contribution in [0, 0.1) is 17.2 Å². The van der Waals surface area contributed by atoms with E-state index in [1.165, 1.54) is 0 Å². The molecule has 2 aromatic rings. The Balaban J connectivity index is 0.000000396. The molecule has 3 N–H and O–H groups in total. The van der Waals surface area contributed by atoms with Gasteiger partial charge in [-0.2, -0.15) is 18.4 Å². The molecule has 0 spiro atoms. The molecule has 0 aromatic carbocycles. The average Bonchev–Trinajstić information content (AvgIpc) is 3.20. The number of nitrogen functional groups attached to an aromatic ring is 1. The molecular formula is C19H18F3N3O5. The smallest absolute Gasteiger partial charge is 0.475 e. The zero-order chi connectivity index (χ0) is 22.5. The number of nitriles is 1. The van der Waals surface area contributed by atoms with Gasteiger partial charge in [0, 0.05) is 11.3 Å². The number of aryl methyl sites for hydroxylation is 1. The Bertz CT molecular complexity index is 965. The summed E-state index contributed by atoms with van der Waals surface area (Å²) in [6.07, 6.45) is -1.76. The van der Waals surface area contributed by atoms with Crippen molar-refractivity contribution in [1.29, 1.82) is 5.26 Å². The lowest BCUT2D eigenvalue weighted by molar-refractivity contribution is -0.192. The number of pyridine rings is 1. The van der Waals surface area contributed by atoms with E-state index >= 15 is 0 Å². The molecule has 0 radical (unpaired) electrons. The number of carbonyl (C=O) groups excluding carboxylic acids is 1. The first kappa shape index (κ1) is 22.7. The predicted octanol–water partition coefficient (Wildman–Crippen LogP) is 3.10. The summed E-state index contributed by atoms with van der Waals surface area (Å²) in [5.74, 6) is -2.43. The van der Waals surface area contributed by atoms with Crippen molar-refractivity contribution in [3.05, 3.63) is 35.2 Å². The number of fused-ring (bicyclic) bond motifs is 1. The second-order valence-electron chi connectivity index (χ2n) is 6.26. The zero-order valence-corrected chi connectivity index (χ0v) is 15.8. The van der Waals surface area contributed by atoms with Gasteiger partial charge in [-0.1, -0.05) is 0 Å². The quantitative estimate of drug-likeness (QED) is 0.715. The number of aromatic nitrogens is 1. The number of anilines is 1. The van der Waals surface area contributed by atoms with E-state index < -0.39 is 12.1 Å². The fourth-order valence-corrected chi connectivity index (χ4v) is 3.05. The molecule has 0 saturated carbocycles. The number of furan rings is 1. The van der Waals surface area contributed by atoms with Crippen molar-refractivity contribution in [2.45, 2.75) is 32.4 Å². The summed E-state index contributed by atoms with van der Waals surface area (Å²) in [4.78, 5) is 25.3.